The second kappa shape index (κ2) is 12.7. The Morgan fingerprint density at radius 1 is 1.04 bits per heavy atom. The molecule has 0 atom stereocenters. The molecule has 0 aliphatic heterocycles. The third-order valence-corrected chi connectivity index (χ3v) is 4.39. The van der Waals surface area contributed by atoms with E-state index in [9.17, 15) is 4.79 Å². The van der Waals surface area contributed by atoms with Crippen molar-refractivity contribution in [1.29, 1.82) is 0 Å². The van der Waals surface area contributed by atoms with Gasteiger partial charge in [0.05, 0.1) is 24.9 Å². The first-order valence-electron chi connectivity index (χ1n) is 9.24. The van der Waals surface area contributed by atoms with Gasteiger partial charge >= 0.3 is 6.03 Å². The minimum Gasteiger partial charge on any atom is -0.495 e. The number of hydrogen-bond donors (Lipinski definition) is 2. The number of benzene rings is 1. The van der Waals surface area contributed by atoms with E-state index in [1.807, 2.05) is 0 Å². The molecule has 7 heteroatoms. The van der Waals surface area contributed by atoms with Crippen molar-refractivity contribution in [3.63, 3.8) is 0 Å². The van der Waals surface area contributed by atoms with E-state index in [2.05, 4.69) is 29.4 Å². The van der Waals surface area contributed by atoms with E-state index in [-0.39, 0.29) is 6.03 Å². The molecular weight excluding hydrogens is 354 g/mol. The fourth-order valence-electron chi connectivity index (χ4n) is 2.55. The molecule has 26 heavy (non-hydrogen) atoms. The van der Waals surface area contributed by atoms with Crippen LogP contribution in [0.25, 0.3) is 0 Å². The molecule has 0 bridgehead atoms. The SMILES string of the molecule is CCCCN(CCCC)CCNC(=O)Nc1cc(Cl)c(OC)cc1OC. The standard InChI is InChI=1S/C19H32ClN3O3/c1-5-7-10-23(11-8-6-2)12-9-21-19(24)22-16-13-15(20)17(25-3)14-18(16)26-4/h13-14H,5-12H2,1-4H3,(H2,21,22,24). The molecule has 1 rings (SSSR count). The van der Waals surface area contributed by atoms with E-state index in [1.54, 1.807) is 12.1 Å². The lowest BCUT2D eigenvalue weighted by Gasteiger charge is -2.22. The maximum atomic E-state index is 12.2. The van der Waals surface area contributed by atoms with Crippen LogP contribution >= 0.6 is 11.6 Å². The predicted molar refractivity (Wildman–Crippen MR) is 108 cm³/mol. The molecule has 0 heterocycles. The lowest BCUT2D eigenvalue weighted by molar-refractivity contribution is 0.242. The molecule has 0 aliphatic rings. The van der Waals surface area contributed by atoms with Gasteiger partial charge in [-0.15, -0.1) is 0 Å². The quantitative estimate of drug-likeness (QED) is 0.560. The largest absolute Gasteiger partial charge is 0.495 e. The van der Waals surface area contributed by atoms with Crippen LogP contribution in [0.15, 0.2) is 12.1 Å². The monoisotopic (exact) mass is 385 g/mol. The van der Waals surface area contributed by atoms with Gasteiger partial charge in [-0.1, -0.05) is 38.3 Å². The Balaban J connectivity index is 2.54. The Labute approximate surface area is 162 Å². The maximum absolute atomic E-state index is 12.2. The van der Waals surface area contributed by atoms with E-state index in [1.165, 1.54) is 39.9 Å². The summed E-state index contributed by atoms with van der Waals surface area (Å²) in [7, 11) is 3.06. The zero-order valence-electron chi connectivity index (χ0n) is 16.4. The third-order valence-electron chi connectivity index (χ3n) is 4.09. The summed E-state index contributed by atoms with van der Waals surface area (Å²) in [4.78, 5) is 14.6. The Hall–Kier alpha value is -1.66. The molecule has 0 aromatic heterocycles. The molecule has 148 valence electrons. The van der Waals surface area contributed by atoms with Crippen LogP contribution in [0, 0.1) is 0 Å². The number of carbonyl (C=O) groups excluding carboxylic acids is 1. The van der Waals surface area contributed by atoms with Crippen molar-refractivity contribution in [1.82, 2.24) is 10.2 Å². The van der Waals surface area contributed by atoms with Crippen LogP contribution in [0.4, 0.5) is 10.5 Å². The number of unbranched alkanes of at least 4 members (excludes halogenated alkanes) is 2. The van der Waals surface area contributed by atoms with Crippen molar-refractivity contribution >= 4 is 23.3 Å². The van der Waals surface area contributed by atoms with Gasteiger partial charge in [-0.25, -0.2) is 4.79 Å². The minimum absolute atomic E-state index is 0.282. The topological polar surface area (TPSA) is 62.8 Å². The van der Waals surface area contributed by atoms with Gasteiger partial charge in [0.2, 0.25) is 0 Å². The second-order valence-corrected chi connectivity index (χ2v) is 6.52. The summed E-state index contributed by atoms with van der Waals surface area (Å²) >= 11 is 6.13. The first-order valence-corrected chi connectivity index (χ1v) is 9.62. The number of anilines is 1. The number of hydrogen-bond acceptors (Lipinski definition) is 4. The number of nitrogens with zero attached hydrogens (tertiary/aromatic N) is 1. The summed E-state index contributed by atoms with van der Waals surface area (Å²) in [5, 5.41) is 6.08. The Morgan fingerprint density at radius 2 is 1.65 bits per heavy atom. The van der Waals surface area contributed by atoms with Gasteiger partial charge in [-0.05, 0) is 32.0 Å². The van der Waals surface area contributed by atoms with Gasteiger partial charge in [0.15, 0.2) is 0 Å². The van der Waals surface area contributed by atoms with E-state index in [0.29, 0.717) is 28.8 Å². The lowest BCUT2D eigenvalue weighted by atomic mass is 10.2. The lowest BCUT2D eigenvalue weighted by Crippen LogP contribution is -2.37. The van der Waals surface area contributed by atoms with Crippen molar-refractivity contribution in [3.05, 3.63) is 17.2 Å². The molecule has 0 aliphatic carbocycles. The molecule has 0 saturated heterocycles. The second-order valence-electron chi connectivity index (χ2n) is 6.12. The van der Waals surface area contributed by atoms with Crippen LogP contribution in [-0.2, 0) is 0 Å². The van der Waals surface area contributed by atoms with Crippen LogP contribution in [0.5, 0.6) is 11.5 Å². The maximum Gasteiger partial charge on any atom is 0.319 e. The molecule has 0 fully saturated rings. The number of methoxy groups -OCH3 is 2. The zero-order valence-corrected chi connectivity index (χ0v) is 17.1. The summed E-state index contributed by atoms with van der Waals surface area (Å²) < 4.78 is 10.4. The van der Waals surface area contributed by atoms with E-state index in [4.69, 9.17) is 21.1 Å². The van der Waals surface area contributed by atoms with Crippen LogP contribution in [0.1, 0.15) is 39.5 Å². The Bertz CT molecular complexity index is 547. The summed E-state index contributed by atoms with van der Waals surface area (Å²) in [5.74, 6) is 0.992. The number of carbonyl (C=O) groups is 1. The number of amides is 2. The van der Waals surface area contributed by atoms with Crippen LogP contribution < -0.4 is 20.1 Å². The Kier molecular flexibility index (Phi) is 10.9. The highest BCUT2D eigenvalue weighted by atomic mass is 35.5. The summed E-state index contributed by atoms with van der Waals surface area (Å²) in [6.07, 6.45) is 4.71. The van der Waals surface area contributed by atoms with E-state index >= 15 is 0 Å². The summed E-state index contributed by atoms with van der Waals surface area (Å²) in [5.41, 5.74) is 0.504. The summed E-state index contributed by atoms with van der Waals surface area (Å²) in [6, 6.07) is 2.98. The molecule has 0 spiro atoms. The molecule has 0 saturated carbocycles. The van der Waals surface area contributed by atoms with Crippen LogP contribution in [0.2, 0.25) is 5.02 Å². The zero-order chi connectivity index (χ0) is 19.4. The molecule has 6 nitrogen and oxygen atoms in total. The van der Waals surface area contributed by atoms with E-state index < -0.39 is 0 Å². The van der Waals surface area contributed by atoms with Gasteiger partial charge in [0, 0.05) is 19.2 Å². The number of halogens is 1. The van der Waals surface area contributed by atoms with Crippen LogP contribution in [-0.4, -0.2) is 51.3 Å². The summed E-state index contributed by atoms with van der Waals surface area (Å²) in [6.45, 7) is 7.96. The minimum atomic E-state index is -0.282. The highest BCUT2D eigenvalue weighted by molar-refractivity contribution is 6.32. The molecule has 2 N–H and O–H groups in total. The van der Waals surface area contributed by atoms with Crippen molar-refractivity contribution in [2.24, 2.45) is 0 Å². The first-order chi connectivity index (χ1) is 12.5. The molecular formula is C19H32ClN3O3. The van der Waals surface area contributed by atoms with Crippen molar-refractivity contribution < 1.29 is 14.3 Å². The van der Waals surface area contributed by atoms with Gasteiger partial charge in [0.25, 0.3) is 0 Å². The number of nitrogens with one attached hydrogen (secondary N) is 2. The molecule has 2 amide bonds. The van der Waals surface area contributed by atoms with Gasteiger partial charge in [0.1, 0.15) is 11.5 Å². The molecule has 1 aromatic rings. The average Bonchev–Trinajstić information content (AvgIpc) is 2.63. The fraction of sp³-hybridized carbons (Fsp3) is 0.632. The average molecular weight is 386 g/mol. The normalized spacial score (nSPS) is 10.7. The number of ether oxygens (including phenoxy) is 2. The van der Waals surface area contributed by atoms with Crippen LogP contribution in [0.3, 0.4) is 0 Å². The Morgan fingerprint density at radius 3 is 2.19 bits per heavy atom. The molecule has 0 radical (unpaired) electrons. The third kappa shape index (κ3) is 7.70. The van der Waals surface area contributed by atoms with Crippen molar-refractivity contribution in [3.8, 4) is 11.5 Å². The fourth-order valence-corrected chi connectivity index (χ4v) is 2.79. The van der Waals surface area contributed by atoms with Crippen molar-refractivity contribution in [2.45, 2.75) is 39.5 Å². The van der Waals surface area contributed by atoms with Crippen molar-refractivity contribution in [2.75, 3.05) is 45.7 Å². The predicted octanol–water partition coefficient (Wildman–Crippen LogP) is 4.38. The van der Waals surface area contributed by atoms with Gasteiger partial charge in [-0.3, -0.25) is 0 Å². The molecule has 1 aromatic carbocycles. The van der Waals surface area contributed by atoms with Gasteiger partial charge in [-0.2, -0.15) is 0 Å². The smallest absolute Gasteiger partial charge is 0.319 e. The highest BCUT2D eigenvalue weighted by Gasteiger charge is 2.12. The highest BCUT2D eigenvalue weighted by Crippen LogP contribution is 2.35. The first kappa shape index (κ1) is 22.4. The molecule has 0 unspecified atom stereocenters. The number of urea groups is 1. The number of rotatable bonds is 12. The van der Waals surface area contributed by atoms with E-state index in [0.717, 1.165) is 19.6 Å². The van der Waals surface area contributed by atoms with Gasteiger partial charge < -0.3 is 25.0 Å².